The summed E-state index contributed by atoms with van der Waals surface area (Å²) in [6, 6.07) is 0.772. The van der Waals surface area contributed by atoms with Crippen molar-refractivity contribution in [3.63, 3.8) is 0 Å². The predicted octanol–water partition coefficient (Wildman–Crippen LogP) is 3.03. The Bertz CT molecular complexity index is 237. The van der Waals surface area contributed by atoms with Gasteiger partial charge in [0.15, 0.2) is 0 Å². The van der Waals surface area contributed by atoms with Crippen molar-refractivity contribution in [3.8, 4) is 0 Å². The first-order chi connectivity index (χ1) is 8.17. The van der Waals surface area contributed by atoms with Crippen molar-refractivity contribution in [2.75, 3.05) is 19.6 Å². The van der Waals surface area contributed by atoms with Crippen LogP contribution in [0.15, 0.2) is 0 Å². The zero-order valence-electron chi connectivity index (χ0n) is 12.0. The summed E-state index contributed by atoms with van der Waals surface area (Å²) in [4.78, 5) is 2.75. The molecule has 2 unspecified atom stereocenters. The molecule has 2 atom stereocenters. The van der Waals surface area contributed by atoms with Gasteiger partial charge in [-0.15, -0.1) is 0 Å². The molecule has 2 rings (SSSR count). The Morgan fingerprint density at radius 1 is 1.29 bits per heavy atom. The van der Waals surface area contributed by atoms with Crippen LogP contribution in [0.2, 0.25) is 0 Å². The molecular weight excluding hydrogens is 208 g/mol. The van der Waals surface area contributed by atoms with E-state index < -0.39 is 0 Å². The zero-order chi connectivity index (χ0) is 12.3. The molecule has 1 saturated carbocycles. The Kier molecular flexibility index (Phi) is 4.48. The molecule has 0 aromatic rings. The Morgan fingerprint density at radius 3 is 2.65 bits per heavy atom. The molecule has 0 aromatic heterocycles. The SMILES string of the molecule is CCC1CNC(C)(CC)CN1CCCC1CC1. The molecular formula is C15H30N2. The summed E-state index contributed by atoms with van der Waals surface area (Å²) in [6.45, 7) is 10.8. The third-order valence-electron chi connectivity index (χ3n) is 4.84. The highest BCUT2D eigenvalue weighted by atomic mass is 15.2. The molecule has 1 saturated heterocycles. The second-order valence-electron chi connectivity index (χ2n) is 6.41. The van der Waals surface area contributed by atoms with Crippen molar-refractivity contribution in [2.24, 2.45) is 5.92 Å². The molecule has 0 spiro atoms. The third-order valence-corrected chi connectivity index (χ3v) is 4.84. The van der Waals surface area contributed by atoms with Gasteiger partial charge in [-0.3, -0.25) is 4.90 Å². The summed E-state index contributed by atoms with van der Waals surface area (Å²) in [7, 11) is 0. The largest absolute Gasteiger partial charge is 0.309 e. The van der Waals surface area contributed by atoms with Crippen molar-refractivity contribution in [1.82, 2.24) is 10.2 Å². The van der Waals surface area contributed by atoms with Gasteiger partial charge in [-0.1, -0.05) is 26.7 Å². The zero-order valence-corrected chi connectivity index (χ0v) is 12.0. The van der Waals surface area contributed by atoms with E-state index in [-0.39, 0.29) is 0 Å². The summed E-state index contributed by atoms with van der Waals surface area (Å²) in [5, 5.41) is 3.75. The minimum atomic E-state index is 0.352. The summed E-state index contributed by atoms with van der Waals surface area (Å²) in [6.07, 6.45) is 8.43. The van der Waals surface area contributed by atoms with Gasteiger partial charge in [0.05, 0.1) is 0 Å². The topological polar surface area (TPSA) is 15.3 Å². The lowest BCUT2D eigenvalue weighted by molar-refractivity contribution is 0.0802. The van der Waals surface area contributed by atoms with Crippen LogP contribution in [-0.4, -0.2) is 36.1 Å². The maximum Gasteiger partial charge on any atom is 0.0278 e. The van der Waals surface area contributed by atoms with Crippen molar-refractivity contribution >= 4 is 0 Å². The molecule has 2 fully saturated rings. The number of hydrogen-bond acceptors (Lipinski definition) is 2. The highest BCUT2D eigenvalue weighted by Crippen LogP contribution is 2.33. The van der Waals surface area contributed by atoms with Crippen LogP contribution >= 0.6 is 0 Å². The summed E-state index contributed by atoms with van der Waals surface area (Å²) in [5.74, 6) is 1.09. The van der Waals surface area contributed by atoms with Crippen LogP contribution < -0.4 is 5.32 Å². The predicted molar refractivity (Wildman–Crippen MR) is 74.3 cm³/mol. The van der Waals surface area contributed by atoms with Gasteiger partial charge in [0, 0.05) is 24.7 Å². The highest BCUT2D eigenvalue weighted by molar-refractivity contribution is 4.94. The second kappa shape index (κ2) is 5.71. The van der Waals surface area contributed by atoms with Gasteiger partial charge < -0.3 is 5.32 Å². The fraction of sp³-hybridized carbons (Fsp3) is 1.00. The minimum Gasteiger partial charge on any atom is -0.309 e. The standard InChI is InChI=1S/C15H30N2/c1-4-14-11-16-15(3,5-2)12-17(14)10-6-7-13-8-9-13/h13-14,16H,4-12H2,1-3H3. The second-order valence-corrected chi connectivity index (χ2v) is 6.41. The lowest BCUT2D eigenvalue weighted by Gasteiger charge is -2.46. The lowest BCUT2D eigenvalue weighted by Crippen LogP contribution is -2.62. The van der Waals surface area contributed by atoms with E-state index in [1.807, 2.05) is 0 Å². The van der Waals surface area contributed by atoms with Gasteiger partial charge in [0.25, 0.3) is 0 Å². The van der Waals surface area contributed by atoms with Crippen molar-refractivity contribution in [2.45, 2.75) is 70.9 Å². The molecule has 100 valence electrons. The van der Waals surface area contributed by atoms with Crippen molar-refractivity contribution in [1.29, 1.82) is 0 Å². The fourth-order valence-electron chi connectivity index (χ4n) is 3.02. The maximum atomic E-state index is 3.75. The Morgan fingerprint density at radius 2 is 2.06 bits per heavy atom. The lowest BCUT2D eigenvalue weighted by atomic mass is 9.92. The molecule has 2 heteroatoms. The molecule has 0 aromatic carbocycles. The van der Waals surface area contributed by atoms with E-state index in [2.05, 4.69) is 31.0 Å². The number of nitrogens with one attached hydrogen (secondary N) is 1. The normalized spacial score (nSPS) is 35.1. The monoisotopic (exact) mass is 238 g/mol. The number of piperazine rings is 1. The smallest absolute Gasteiger partial charge is 0.0278 e. The third kappa shape index (κ3) is 3.69. The fourth-order valence-corrected chi connectivity index (χ4v) is 3.02. The van der Waals surface area contributed by atoms with E-state index in [4.69, 9.17) is 0 Å². The summed E-state index contributed by atoms with van der Waals surface area (Å²) >= 11 is 0. The summed E-state index contributed by atoms with van der Waals surface area (Å²) in [5.41, 5.74) is 0.352. The van der Waals surface area contributed by atoms with Crippen LogP contribution in [0.4, 0.5) is 0 Å². The van der Waals surface area contributed by atoms with Crippen LogP contribution in [0.5, 0.6) is 0 Å². The average molecular weight is 238 g/mol. The van der Waals surface area contributed by atoms with E-state index >= 15 is 0 Å². The molecule has 1 heterocycles. The summed E-state index contributed by atoms with van der Waals surface area (Å²) < 4.78 is 0. The molecule has 2 nitrogen and oxygen atoms in total. The van der Waals surface area contributed by atoms with Crippen LogP contribution in [0.25, 0.3) is 0 Å². The first kappa shape index (κ1) is 13.4. The molecule has 17 heavy (non-hydrogen) atoms. The van der Waals surface area contributed by atoms with Gasteiger partial charge in [-0.25, -0.2) is 0 Å². The van der Waals surface area contributed by atoms with Gasteiger partial charge >= 0.3 is 0 Å². The number of hydrogen-bond donors (Lipinski definition) is 1. The van der Waals surface area contributed by atoms with E-state index in [0.717, 1.165) is 12.0 Å². The Balaban J connectivity index is 1.80. The molecule has 2 aliphatic rings. The first-order valence-corrected chi connectivity index (χ1v) is 7.66. The first-order valence-electron chi connectivity index (χ1n) is 7.66. The van der Waals surface area contributed by atoms with Gasteiger partial charge in [-0.2, -0.15) is 0 Å². The van der Waals surface area contributed by atoms with Crippen LogP contribution in [-0.2, 0) is 0 Å². The highest BCUT2D eigenvalue weighted by Gasteiger charge is 2.33. The van der Waals surface area contributed by atoms with Crippen LogP contribution in [0.3, 0.4) is 0 Å². The average Bonchev–Trinajstić information content (AvgIpc) is 3.14. The number of rotatable bonds is 6. The molecule has 1 aliphatic carbocycles. The van der Waals surface area contributed by atoms with E-state index in [1.165, 1.54) is 58.2 Å². The van der Waals surface area contributed by atoms with Gasteiger partial charge in [0.2, 0.25) is 0 Å². The van der Waals surface area contributed by atoms with E-state index in [9.17, 15) is 0 Å². The van der Waals surface area contributed by atoms with Crippen LogP contribution in [0, 0.1) is 5.92 Å². The maximum absolute atomic E-state index is 3.75. The van der Waals surface area contributed by atoms with Crippen molar-refractivity contribution < 1.29 is 0 Å². The minimum absolute atomic E-state index is 0.352. The molecule has 1 N–H and O–H groups in total. The Labute approximate surface area is 107 Å². The molecule has 0 radical (unpaired) electrons. The number of nitrogens with zero attached hydrogens (tertiary/aromatic N) is 1. The van der Waals surface area contributed by atoms with Gasteiger partial charge in [0.1, 0.15) is 0 Å². The van der Waals surface area contributed by atoms with Gasteiger partial charge in [-0.05, 0) is 45.1 Å². The Hall–Kier alpha value is -0.0800. The molecule has 0 amide bonds. The quantitative estimate of drug-likeness (QED) is 0.765. The van der Waals surface area contributed by atoms with E-state index in [1.54, 1.807) is 0 Å². The van der Waals surface area contributed by atoms with Crippen LogP contribution in [0.1, 0.15) is 59.3 Å². The van der Waals surface area contributed by atoms with E-state index in [0.29, 0.717) is 5.54 Å². The molecule has 0 bridgehead atoms. The molecule has 1 aliphatic heterocycles. The van der Waals surface area contributed by atoms with Crippen molar-refractivity contribution in [3.05, 3.63) is 0 Å².